The summed E-state index contributed by atoms with van der Waals surface area (Å²) < 4.78 is 0. The molecule has 2 aliphatic rings. The molecule has 0 bridgehead atoms. The molecule has 1 saturated heterocycles. The molecule has 0 aliphatic carbocycles. The highest BCUT2D eigenvalue weighted by molar-refractivity contribution is 8.00. The zero-order valence-corrected chi connectivity index (χ0v) is 9.87. The van der Waals surface area contributed by atoms with Crippen molar-refractivity contribution in [1.29, 1.82) is 0 Å². The standard InChI is InChI=1S/C10H17N3O2S/c11-10-12-6-5-16-7(9(6)13-10)3-1-2-4-8(14)15/h6-7,9H,1-5H2,(H,14,15)(H3,11,12,13)/t6-,7+,9-/m1/s1. The number of carboxylic acids is 1. The van der Waals surface area contributed by atoms with Gasteiger partial charge >= 0.3 is 5.97 Å². The van der Waals surface area contributed by atoms with Crippen LogP contribution in [-0.2, 0) is 4.79 Å². The molecule has 4 N–H and O–H groups in total. The molecule has 5 nitrogen and oxygen atoms in total. The van der Waals surface area contributed by atoms with Crippen LogP contribution in [0.15, 0.2) is 4.99 Å². The quantitative estimate of drug-likeness (QED) is 0.608. The van der Waals surface area contributed by atoms with Crippen LogP contribution < -0.4 is 11.1 Å². The number of carbonyl (C=O) groups is 1. The highest BCUT2D eigenvalue weighted by Crippen LogP contribution is 2.35. The average molecular weight is 243 g/mol. The fourth-order valence-corrected chi connectivity index (χ4v) is 3.76. The number of guanidine groups is 1. The lowest BCUT2D eigenvalue weighted by Crippen LogP contribution is -2.38. The van der Waals surface area contributed by atoms with Crippen LogP contribution in [0, 0.1) is 0 Å². The molecule has 0 unspecified atom stereocenters. The van der Waals surface area contributed by atoms with E-state index in [9.17, 15) is 4.79 Å². The lowest BCUT2D eigenvalue weighted by molar-refractivity contribution is -0.137. The van der Waals surface area contributed by atoms with Crippen molar-refractivity contribution in [2.45, 2.75) is 43.0 Å². The van der Waals surface area contributed by atoms with Gasteiger partial charge in [0.15, 0.2) is 5.96 Å². The minimum Gasteiger partial charge on any atom is -0.481 e. The summed E-state index contributed by atoms with van der Waals surface area (Å²) in [7, 11) is 0. The maximum Gasteiger partial charge on any atom is 0.303 e. The van der Waals surface area contributed by atoms with Crippen molar-refractivity contribution in [2.24, 2.45) is 10.7 Å². The van der Waals surface area contributed by atoms with Crippen molar-refractivity contribution in [3.05, 3.63) is 0 Å². The van der Waals surface area contributed by atoms with Gasteiger partial charge in [0.2, 0.25) is 0 Å². The third kappa shape index (κ3) is 2.61. The fourth-order valence-electron chi connectivity index (χ4n) is 2.25. The van der Waals surface area contributed by atoms with E-state index < -0.39 is 5.97 Å². The van der Waals surface area contributed by atoms with Crippen LogP contribution >= 0.6 is 11.8 Å². The van der Waals surface area contributed by atoms with Crippen molar-refractivity contribution >= 4 is 23.7 Å². The van der Waals surface area contributed by atoms with Gasteiger partial charge in [-0.2, -0.15) is 11.8 Å². The van der Waals surface area contributed by atoms with E-state index in [4.69, 9.17) is 10.8 Å². The number of hydrogen-bond donors (Lipinski definition) is 3. The van der Waals surface area contributed by atoms with E-state index in [2.05, 4.69) is 10.3 Å². The molecule has 6 heteroatoms. The Morgan fingerprint density at radius 2 is 2.44 bits per heavy atom. The Balaban J connectivity index is 1.72. The van der Waals surface area contributed by atoms with Gasteiger partial charge in [-0.05, 0) is 12.8 Å². The van der Waals surface area contributed by atoms with E-state index in [-0.39, 0.29) is 6.42 Å². The number of fused-ring (bicyclic) bond motifs is 1. The molecule has 0 radical (unpaired) electrons. The second-order valence-electron chi connectivity index (χ2n) is 4.27. The van der Waals surface area contributed by atoms with Crippen LogP contribution in [0.4, 0.5) is 0 Å². The van der Waals surface area contributed by atoms with E-state index in [0.717, 1.165) is 25.0 Å². The Hall–Kier alpha value is -0.910. The molecule has 0 amide bonds. The Morgan fingerprint density at radius 3 is 3.19 bits per heavy atom. The number of nitrogens with zero attached hydrogens (tertiary/aromatic N) is 1. The highest BCUT2D eigenvalue weighted by atomic mass is 32.2. The molecule has 16 heavy (non-hydrogen) atoms. The number of nitrogens with two attached hydrogens (primary N) is 1. The Labute approximate surface area is 98.9 Å². The number of aliphatic imine (C=N–C) groups is 1. The Kier molecular flexibility index (Phi) is 3.58. The van der Waals surface area contributed by atoms with Crippen LogP contribution in [-0.4, -0.2) is 40.1 Å². The Bertz CT molecular complexity index is 308. The predicted octanol–water partition coefficient (Wildman–Crippen LogP) is 0.402. The molecule has 2 aliphatic heterocycles. The number of rotatable bonds is 5. The molecule has 0 aromatic rings. The van der Waals surface area contributed by atoms with E-state index in [1.807, 2.05) is 11.8 Å². The molecule has 0 aromatic carbocycles. The summed E-state index contributed by atoms with van der Waals surface area (Å²) in [6, 6.07) is 0.698. The minimum absolute atomic E-state index is 0.273. The molecule has 0 saturated carbocycles. The first-order chi connectivity index (χ1) is 7.66. The second kappa shape index (κ2) is 4.95. The lowest BCUT2D eigenvalue weighted by Gasteiger charge is -2.13. The zero-order valence-electron chi connectivity index (χ0n) is 9.06. The molecule has 0 spiro atoms. The van der Waals surface area contributed by atoms with Gasteiger partial charge in [-0.1, -0.05) is 6.42 Å². The van der Waals surface area contributed by atoms with Gasteiger partial charge in [0.05, 0.1) is 12.1 Å². The van der Waals surface area contributed by atoms with Crippen molar-refractivity contribution < 1.29 is 9.90 Å². The molecule has 2 rings (SSSR count). The number of aliphatic carboxylic acids is 1. The largest absolute Gasteiger partial charge is 0.481 e. The van der Waals surface area contributed by atoms with Crippen molar-refractivity contribution in [2.75, 3.05) is 5.75 Å². The zero-order chi connectivity index (χ0) is 11.5. The summed E-state index contributed by atoms with van der Waals surface area (Å²) in [6.45, 7) is 0. The minimum atomic E-state index is -0.707. The van der Waals surface area contributed by atoms with Crippen LogP contribution in [0.3, 0.4) is 0 Å². The Morgan fingerprint density at radius 1 is 1.62 bits per heavy atom. The molecule has 3 atom stereocenters. The summed E-state index contributed by atoms with van der Waals surface area (Å²) >= 11 is 1.92. The SMILES string of the molecule is NC1=N[C@H]2[C@H](CCCCC(=O)O)SC[C@H]2N1. The summed E-state index contributed by atoms with van der Waals surface area (Å²) in [5.41, 5.74) is 5.63. The van der Waals surface area contributed by atoms with Gasteiger partial charge in [-0.25, -0.2) is 4.99 Å². The van der Waals surface area contributed by atoms with Gasteiger partial charge in [0.1, 0.15) is 0 Å². The molecule has 2 heterocycles. The first kappa shape index (κ1) is 11.6. The normalized spacial score (nSPS) is 32.0. The van der Waals surface area contributed by atoms with Crippen LogP contribution in [0.1, 0.15) is 25.7 Å². The summed E-state index contributed by atoms with van der Waals surface area (Å²) in [6.07, 6.45) is 3.03. The van der Waals surface area contributed by atoms with E-state index in [1.54, 1.807) is 0 Å². The molecule has 1 fully saturated rings. The predicted molar refractivity (Wildman–Crippen MR) is 64.7 cm³/mol. The lowest BCUT2D eigenvalue weighted by atomic mass is 10.0. The number of thioether (sulfide) groups is 1. The first-order valence-corrected chi connectivity index (χ1v) is 6.65. The average Bonchev–Trinajstić information content (AvgIpc) is 2.72. The maximum absolute atomic E-state index is 10.4. The molecular formula is C10H17N3O2S. The number of carboxylic acid groups (broad SMARTS) is 1. The van der Waals surface area contributed by atoms with Crippen molar-refractivity contribution in [1.82, 2.24) is 5.32 Å². The van der Waals surface area contributed by atoms with E-state index in [0.29, 0.717) is 23.3 Å². The molecule has 0 aromatic heterocycles. The fraction of sp³-hybridized carbons (Fsp3) is 0.800. The third-order valence-corrected chi connectivity index (χ3v) is 4.53. The van der Waals surface area contributed by atoms with Crippen molar-refractivity contribution in [3.63, 3.8) is 0 Å². The third-order valence-electron chi connectivity index (χ3n) is 3.03. The van der Waals surface area contributed by atoms with Gasteiger partial charge in [0.25, 0.3) is 0 Å². The van der Waals surface area contributed by atoms with Gasteiger partial charge in [-0.15, -0.1) is 0 Å². The van der Waals surface area contributed by atoms with Crippen LogP contribution in [0.2, 0.25) is 0 Å². The number of unbranched alkanes of at least 4 members (excludes halogenated alkanes) is 1. The van der Waals surface area contributed by atoms with Gasteiger partial charge < -0.3 is 16.2 Å². The topological polar surface area (TPSA) is 87.7 Å². The number of nitrogens with one attached hydrogen (secondary N) is 1. The molecule has 90 valence electrons. The molecular weight excluding hydrogens is 226 g/mol. The maximum atomic E-state index is 10.4. The van der Waals surface area contributed by atoms with Crippen LogP contribution in [0.5, 0.6) is 0 Å². The van der Waals surface area contributed by atoms with E-state index >= 15 is 0 Å². The van der Waals surface area contributed by atoms with Crippen LogP contribution in [0.25, 0.3) is 0 Å². The second-order valence-corrected chi connectivity index (χ2v) is 5.54. The number of hydrogen-bond acceptors (Lipinski definition) is 5. The van der Waals surface area contributed by atoms with Gasteiger partial charge in [-0.3, -0.25) is 4.79 Å². The first-order valence-electron chi connectivity index (χ1n) is 5.60. The monoisotopic (exact) mass is 243 g/mol. The van der Waals surface area contributed by atoms with E-state index in [1.165, 1.54) is 0 Å². The summed E-state index contributed by atoms with van der Waals surface area (Å²) in [5.74, 6) is 0.908. The smallest absolute Gasteiger partial charge is 0.303 e. The summed E-state index contributed by atoms with van der Waals surface area (Å²) in [4.78, 5) is 14.8. The van der Waals surface area contributed by atoms with Crippen molar-refractivity contribution in [3.8, 4) is 0 Å². The summed E-state index contributed by atoms with van der Waals surface area (Å²) in [5, 5.41) is 12.2. The van der Waals surface area contributed by atoms with Gasteiger partial charge in [0, 0.05) is 17.4 Å². The highest BCUT2D eigenvalue weighted by Gasteiger charge is 2.39.